The standard InChI is InChI=1S/C12H14Cl2N2O2/c13-8-7-9-12(18-6-5-17-9)11(10(8)14)16-3-1-15-2-4-16/h7,15H,1-6H2. The number of fused-ring (bicyclic) bond motifs is 1. The fraction of sp³-hybridized carbons (Fsp3) is 0.500. The SMILES string of the molecule is Clc1cc2c(c(N3CCNCC3)c1Cl)OCCO2. The molecule has 1 aromatic rings. The maximum atomic E-state index is 6.33. The molecule has 3 rings (SSSR count). The zero-order valence-electron chi connectivity index (χ0n) is 9.84. The minimum Gasteiger partial charge on any atom is -0.486 e. The highest BCUT2D eigenvalue weighted by Gasteiger charge is 2.26. The van der Waals surface area contributed by atoms with Crippen LogP contribution in [0.25, 0.3) is 0 Å². The summed E-state index contributed by atoms with van der Waals surface area (Å²) in [6, 6.07) is 1.73. The average Bonchev–Trinajstić information content (AvgIpc) is 2.41. The summed E-state index contributed by atoms with van der Waals surface area (Å²) in [5, 5.41) is 4.36. The van der Waals surface area contributed by atoms with Crippen molar-refractivity contribution < 1.29 is 9.47 Å². The Kier molecular flexibility index (Phi) is 3.41. The van der Waals surface area contributed by atoms with Gasteiger partial charge in [-0.3, -0.25) is 0 Å². The molecule has 1 aromatic carbocycles. The number of rotatable bonds is 1. The summed E-state index contributed by atoms with van der Waals surface area (Å²) < 4.78 is 11.3. The number of benzene rings is 1. The van der Waals surface area contributed by atoms with Crippen molar-refractivity contribution in [1.82, 2.24) is 5.32 Å². The quantitative estimate of drug-likeness (QED) is 0.859. The van der Waals surface area contributed by atoms with Crippen molar-refractivity contribution in [3.8, 4) is 11.5 Å². The van der Waals surface area contributed by atoms with Crippen molar-refractivity contribution in [1.29, 1.82) is 0 Å². The third-order valence-corrected chi connectivity index (χ3v) is 3.91. The van der Waals surface area contributed by atoms with E-state index in [0.717, 1.165) is 37.6 Å². The molecule has 0 unspecified atom stereocenters. The van der Waals surface area contributed by atoms with Crippen molar-refractivity contribution in [3.63, 3.8) is 0 Å². The molecule has 2 heterocycles. The topological polar surface area (TPSA) is 33.7 Å². The number of piperazine rings is 1. The van der Waals surface area contributed by atoms with Gasteiger partial charge in [-0.15, -0.1) is 0 Å². The predicted molar refractivity (Wildman–Crippen MR) is 72.5 cm³/mol. The number of hydrogen-bond donors (Lipinski definition) is 1. The summed E-state index contributed by atoms with van der Waals surface area (Å²) >= 11 is 12.5. The van der Waals surface area contributed by atoms with Gasteiger partial charge in [-0.05, 0) is 0 Å². The smallest absolute Gasteiger partial charge is 0.186 e. The van der Waals surface area contributed by atoms with E-state index >= 15 is 0 Å². The van der Waals surface area contributed by atoms with Crippen LogP contribution in [0.15, 0.2) is 6.07 Å². The summed E-state index contributed by atoms with van der Waals surface area (Å²) in [4.78, 5) is 2.19. The molecule has 2 aliphatic heterocycles. The zero-order chi connectivity index (χ0) is 12.5. The lowest BCUT2D eigenvalue weighted by Crippen LogP contribution is -2.44. The van der Waals surface area contributed by atoms with E-state index in [2.05, 4.69) is 10.2 Å². The molecule has 98 valence electrons. The van der Waals surface area contributed by atoms with Gasteiger partial charge >= 0.3 is 0 Å². The molecular weight excluding hydrogens is 275 g/mol. The molecule has 0 saturated carbocycles. The van der Waals surface area contributed by atoms with Gasteiger partial charge in [-0.2, -0.15) is 0 Å². The first kappa shape index (κ1) is 12.2. The van der Waals surface area contributed by atoms with Crippen LogP contribution in [0, 0.1) is 0 Å². The molecule has 18 heavy (non-hydrogen) atoms. The molecule has 0 atom stereocenters. The lowest BCUT2D eigenvalue weighted by molar-refractivity contribution is 0.172. The first-order chi connectivity index (χ1) is 8.77. The molecule has 6 heteroatoms. The molecular formula is C12H14Cl2N2O2. The Morgan fingerprint density at radius 1 is 1.11 bits per heavy atom. The van der Waals surface area contributed by atoms with Gasteiger partial charge in [0.2, 0.25) is 0 Å². The van der Waals surface area contributed by atoms with Crippen LogP contribution >= 0.6 is 23.2 Å². The summed E-state index contributed by atoms with van der Waals surface area (Å²) in [7, 11) is 0. The summed E-state index contributed by atoms with van der Waals surface area (Å²) in [5.74, 6) is 1.40. The zero-order valence-corrected chi connectivity index (χ0v) is 11.4. The largest absolute Gasteiger partial charge is 0.486 e. The van der Waals surface area contributed by atoms with Gasteiger partial charge in [0.1, 0.15) is 18.9 Å². The van der Waals surface area contributed by atoms with Crippen molar-refractivity contribution in [2.75, 3.05) is 44.3 Å². The molecule has 1 fully saturated rings. The lowest BCUT2D eigenvalue weighted by Gasteiger charge is -2.33. The Morgan fingerprint density at radius 3 is 2.61 bits per heavy atom. The van der Waals surface area contributed by atoms with Gasteiger partial charge in [-0.25, -0.2) is 0 Å². The molecule has 0 aromatic heterocycles. The number of ether oxygens (including phenoxy) is 2. The molecule has 2 aliphatic rings. The van der Waals surface area contributed by atoms with E-state index in [-0.39, 0.29) is 0 Å². The van der Waals surface area contributed by atoms with Crippen molar-refractivity contribution in [2.45, 2.75) is 0 Å². The van der Waals surface area contributed by atoms with Crippen LogP contribution in [0.3, 0.4) is 0 Å². The Hall–Kier alpha value is -0.840. The maximum absolute atomic E-state index is 6.33. The van der Waals surface area contributed by atoms with E-state index in [4.69, 9.17) is 32.7 Å². The third kappa shape index (κ3) is 2.09. The van der Waals surface area contributed by atoms with Crippen LogP contribution in [0.5, 0.6) is 11.5 Å². The van der Waals surface area contributed by atoms with E-state index in [1.807, 2.05) is 0 Å². The highest BCUT2D eigenvalue weighted by molar-refractivity contribution is 6.44. The number of halogens is 2. The van der Waals surface area contributed by atoms with Crippen LogP contribution in [0.2, 0.25) is 10.0 Å². The first-order valence-electron chi connectivity index (χ1n) is 6.00. The van der Waals surface area contributed by atoms with Gasteiger partial charge in [0.25, 0.3) is 0 Å². The molecule has 0 spiro atoms. The van der Waals surface area contributed by atoms with E-state index in [1.165, 1.54) is 0 Å². The van der Waals surface area contributed by atoms with Crippen LogP contribution in [-0.2, 0) is 0 Å². The summed E-state index contributed by atoms with van der Waals surface area (Å²) in [6.45, 7) is 4.72. The molecule has 1 saturated heterocycles. The van der Waals surface area contributed by atoms with E-state index < -0.39 is 0 Å². The monoisotopic (exact) mass is 288 g/mol. The minimum atomic E-state index is 0.509. The van der Waals surface area contributed by atoms with Gasteiger partial charge < -0.3 is 19.7 Å². The second-order valence-corrected chi connectivity index (χ2v) is 5.07. The van der Waals surface area contributed by atoms with E-state index in [0.29, 0.717) is 29.0 Å². The summed E-state index contributed by atoms with van der Waals surface area (Å²) in [6.07, 6.45) is 0. The minimum absolute atomic E-state index is 0.509. The number of anilines is 1. The second kappa shape index (κ2) is 5.03. The average molecular weight is 289 g/mol. The Labute approximate surface area is 116 Å². The fourth-order valence-electron chi connectivity index (χ4n) is 2.29. The molecule has 0 radical (unpaired) electrons. The molecule has 1 N–H and O–H groups in total. The van der Waals surface area contributed by atoms with Gasteiger partial charge in [0.05, 0.1) is 10.0 Å². The van der Waals surface area contributed by atoms with Crippen LogP contribution in [0.4, 0.5) is 5.69 Å². The Bertz CT molecular complexity index is 462. The summed E-state index contributed by atoms with van der Waals surface area (Å²) in [5.41, 5.74) is 0.861. The third-order valence-electron chi connectivity index (χ3n) is 3.13. The van der Waals surface area contributed by atoms with Gasteiger partial charge in [0.15, 0.2) is 11.5 Å². The number of nitrogens with one attached hydrogen (secondary N) is 1. The highest BCUT2D eigenvalue weighted by Crippen LogP contribution is 2.48. The van der Waals surface area contributed by atoms with Gasteiger partial charge in [-0.1, -0.05) is 23.2 Å². The highest BCUT2D eigenvalue weighted by atomic mass is 35.5. The normalized spacial score (nSPS) is 18.9. The fourth-order valence-corrected chi connectivity index (χ4v) is 2.73. The number of nitrogens with zero attached hydrogens (tertiary/aromatic N) is 1. The molecule has 0 amide bonds. The van der Waals surface area contributed by atoms with Crippen molar-refractivity contribution in [2.24, 2.45) is 0 Å². The molecule has 0 aliphatic carbocycles. The first-order valence-corrected chi connectivity index (χ1v) is 6.76. The van der Waals surface area contributed by atoms with Crippen LogP contribution in [0.1, 0.15) is 0 Å². The Balaban J connectivity index is 2.07. The number of hydrogen-bond acceptors (Lipinski definition) is 4. The molecule has 4 nitrogen and oxygen atoms in total. The van der Waals surface area contributed by atoms with E-state index in [9.17, 15) is 0 Å². The van der Waals surface area contributed by atoms with Crippen molar-refractivity contribution in [3.05, 3.63) is 16.1 Å². The lowest BCUT2D eigenvalue weighted by atomic mass is 10.2. The second-order valence-electron chi connectivity index (χ2n) is 4.28. The Morgan fingerprint density at radius 2 is 1.83 bits per heavy atom. The molecule has 0 bridgehead atoms. The van der Waals surface area contributed by atoms with Gasteiger partial charge in [0, 0.05) is 32.2 Å². The predicted octanol–water partition coefficient (Wildman–Crippen LogP) is 2.17. The van der Waals surface area contributed by atoms with Crippen LogP contribution < -0.4 is 19.7 Å². The van der Waals surface area contributed by atoms with E-state index in [1.54, 1.807) is 6.07 Å². The van der Waals surface area contributed by atoms with Crippen LogP contribution in [-0.4, -0.2) is 39.4 Å². The maximum Gasteiger partial charge on any atom is 0.186 e. The van der Waals surface area contributed by atoms with Crippen molar-refractivity contribution >= 4 is 28.9 Å².